The van der Waals surface area contributed by atoms with E-state index in [0.29, 0.717) is 0 Å². The number of ether oxygens (including phenoxy) is 2. The Balaban J connectivity index is 2.24. The molecule has 0 amide bonds. The summed E-state index contributed by atoms with van der Waals surface area (Å²) in [4.78, 5) is 5.91. The number of benzene rings is 1. The number of hydrogen-bond acceptors (Lipinski definition) is 5. The fraction of sp³-hybridized carbons (Fsp3) is 0.438. The van der Waals surface area contributed by atoms with E-state index in [1.54, 1.807) is 25.6 Å². The largest absolute Gasteiger partial charge is 0.493 e. The van der Waals surface area contributed by atoms with Crippen LogP contribution in [-0.2, 0) is 6.42 Å². The Bertz CT molecular complexity index is 591. The third-order valence-electron chi connectivity index (χ3n) is 3.61. The maximum Gasteiger partial charge on any atom is 0.161 e. The van der Waals surface area contributed by atoms with E-state index < -0.39 is 0 Å². The molecule has 0 radical (unpaired) electrons. The first kappa shape index (κ1) is 15.8. The lowest BCUT2D eigenvalue weighted by atomic mass is 10.0. The van der Waals surface area contributed by atoms with Gasteiger partial charge in [0, 0.05) is 17.3 Å². The molecule has 4 nitrogen and oxygen atoms in total. The Labute approximate surface area is 130 Å². The van der Waals surface area contributed by atoms with Crippen LogP contribution in [0.3, 0.4) is 0 Å². The molecular formula is C16H22N2O2S. The molecule has 1 aromatic carbocycles. The Hall–Kier alpha value is -1.59. The topological polar surface area (TPSA) is 43.4 Å². The number of thiazole rings is 1. The molecular weight excluding hydrogens is 284 g/mol. The Morgan fingerprint density at radius 3 is 2.43 bits per heavy atom. The molecule has 2 aromatic rings. The van der Waals surface area contributed by atoms with Gasteiger partial charge in [0.15, 0.2) is 11.5 Å². The van der Waals surface area contributed by atoms with Gasteiger partial charge in [-0.25, -0.2) is 4.98 Å². The predicted octanol–water partition coefficient (Wildman–Crippen LogP) is 3.28. The Morgan fingerprint density at radius 2 is 1.90 bits per heavy atom. The number of methoxy groups -OCH3 is 2. The lowest BCUT2D eigenvalue weighted by molar-refractivity contribution is 0.354. The Morgan fingerprint density at radius 1 is 1.19 bits per heavy atom. The molecule has 1 N–H and O–H groups in total. The first-order valence-corrected chi connectivity index (χ1v) is 7.72. The first-order chi connectivity index (χ1) is 10.1. The quantitative estimate of drug-likeness (QED) is 0.889. The van der Waals surface area contributed by atoms with Crippen molar-refractivity contribution in [3.63, 3.8) is 0 Å². The maximum absolute atomic E-state index is 5.38. The molecule has 5 heteroatoms. The average molecular weight is 306 g/mol. The minimum atomic E-state index is 0.203. The molecule has 0 aliphatic rings. The highest BCUT2D eigenvalue weighted by Gasteiger charge is 2.15. The molecule has 1 atom stereocenters. The summed E-state index contributed by atoms with van der Waals surface area (Å²) in [6.07, 6.45) is 0.866. The fourth-order valence-electron chi connectivity index (χ4n) is 2.26. The van der Waals surface area contributed by atoms with Crippen LogP contribution in [0.25, 0.3) is 0 Å². The van der Waals surface area contributed by atoms with Gasteiger partial charge in [0.2, 0.25) is 0 Å². The zero-order valence-electron chi connectivity index (χ0n) is 13.2. The smallest absolute Gasteiger partial charge is 0.161 e. The Kier molecular flexibility index (Phi) is 5.20. The minimum Gasteiger partial charge on any atom is -0.493 e. The van der Waals surface area contributed by atoms with E-state index in [1.807, 2.05) is 19.2 Å². The second-order valence-electron chi connectivity index (χ2n) is 4.91. The lowest BCUT2D eigenvalue weighted by Crippen LogP contribution is -2.18. The number of aromatic nitrogens is 1. The van der Waals surface area contributed by atoms with Crippen molar-refractivity contribution in [1.29, 1.82) is 0 Å². The van der Waals surface area contributed by atoms with Gasteiger partial charge in [0.05, 0.1) is 24.9 Å². The van der Waals surface area contributed by atoms with Gasteiger partial charge in [0.1, 0.15) is 0 Å². The highest BCUT2D eigenvalue weighted by Crippen LogP contribution is 2.31. The van der Waals surface area contributed by atoms with Crippen LogP contribution in [0.5, 0.6) is 11.5 Å². The monoisotopic (exact) mass is 306 g/mol. The molecule has 0 bridgehead atoms. The molecule has 1 aromatic heterocycles. The molecule has 0 fully saturated rings. The predicted molar refractivity (Wildman–Crippen MR) is 86.6 cm³/mol. The van der Waals surface area contributed by atoms with E-state index in [9.17, 15) is 0 Å². The molecule has 114 valence electrons. The van der Waals surface area contributed by atoms with Crippen molar-refractivity contribution in [2.45, 2.75) is 26.3 Å². The second-order valence-corrected chi connectivity index (χ2v) is 6.20. The summed E-state index contributed by atoms with van der Waals surface area (Å²) in [7, 11) is 5.27. The number of aryl methyl sites for hydroxylation is 2. The standard InChI is InChI=1S/C16H22N2O2S/c1-10-11(2)21-16(18-10)9-13(17-3)12-6-7-14(19-4)15(8-12)20-5/h6-8,13,17H,9H2,1-5H3. The molecule has 0 spiro atoms. The van der Waals surface area contributed by atoms with Gasteiger partial charge in [0.25, 0.3) is 0 Å². The van der Waals surface area contributed by atoms with Crippen molar-refractivity contribution in [3.05, 3.63) is 39.3 Å². The van der Waals surface area contributed by atoms with Crippen molar-refractivity contribution in [2.24, 2.45) is 0 Å². The van der Waals surface area contributed by atoms with Crippen LogP contribution in [0.15, 0.2) is 18.2 Å². The van der Waals surface area contributed by atoms with Crippen LogP contribution >= 0.6 is 11.3 Å². The van der Waals surface area contributed by atoms with E-state index in [0.717, 1.165) is 28.6 Å². The maximum atomic E-state index is 5.38. The van der Waals surface area contributed by atoms with Gasteiger partial charge in [-0.1, -0.05) is 6.07 Å². The molecule has 0 aliphatic carbocycles. The average Bonchev–Trinajstić information content (AvgIpc) is 2.82. The SMILES string of the molecule is CNC(Cc1nc(C)c(C)s1)c1ccc(OC)c(OC)c1. The molecule has 0 aliphatic heterocycles. The van der Waals surface area contributed by atoms with Crippen molar-refractivity contribution in [3.8, 4) is 11.5 Å². The summed E-state index contributed by atoms with van der Waals surface area (Å²) in [5.74, 6) is 1.50. The summed E-state index contributed by atoms with van der Waals surface area (Å²) in [6.45, 7) is 4.17. The number of rotatable bonds is 6. The summed E-state index contributed by atoms with van der Waals surface area (Å²) in [6, 6.07) is 6.23. The third kappa shape index (κ3) is 3.54. The molecule has 21 heavy (non-hydrogen) atoms. The van der Waals surface area contributed by atoms with Gasteiger partial charge >= 0.3 is 0 Å². The molecule has 0 saturated heterocycles. The highest BCUT2D eigenvalue weighted by molar-refractivity contribution is 7.11. The van der Waals surface area contributed by atoms with Crippen LogP contribution < -0.4 is 14.8 Å². The van der Waals surface area contributed by atoms with E-state index >= 15 is 0 Å². The zero-order valence-corrected chi connectivity index (χ0v) is 14.0. The normalized spacial score (nSPS) is 12.2. The van der Waals surface area contributed by atoms with Gasteiger partial charge in [-0.15, -0.1) is 11.3 Å². The number of likely N-dealkylation sites (N-methyl/N-ethyl adjacent to an activating group) is 1. The van der Waals surface area contributed by atoms with Crippen LogP contribution in [0.1, 0.15) is 27.2 Å². The van der Waals surface area contributed by atoms with Crippen LogP contribution in [0.4, 0.5) is 0 Å². The summed E-state index contributed by atoms with van der Waals surface area (Å²) < 4.78 is 10.7. The van der Waals surface area contributed by atoms with Crippen LogP contribution in [0, 0.1) is 13.8 Å². The first-order valence-electron chi connectivity index (χ1n) is 6.91. The third-order valence-corrected chi connectivity index (χ3v) is 4.71. The van der Waals surface area contributed by atoms with E-state index in [1.165, 1.54) is 10.4 Å². The molecule has 0 saturated carbocycles. The molecule has 1 heterocycles. The van der Waals surface area contributed by atoms with Crippen molar-refractivity contribution in [2.75, 3.05) is 21.3 Å². The summed E-state index contributed by atoms with van der Waals surface area (Å²) in [5.41, 5.74) is 2.29. The van der Waals surface area contributed by atoms with Crippen molar-refractivity contribution in [1.82, 2.24) is 10.3 Å². The van der Waals surface area contributed by atoms with E-state index in [-0.39, 0.29) is 6.04 Å². The van der Waals surface area contributed by atoms with Crippen LogP contribution in [0.2, 0.25) is 0 Å². The van der Waals surface area contributed by atoms with Gasteiger partial charge in [-0.2, -0.15) is 0 Å². The summed E-state index contributed by atoms with van der Waals surface area (Å²) in [5, 5.41) is 4.51. The zero-order chi connectivity index (χ0) is 15.4. The molecule has 1 unspecified atom stereocenters. The van der Waals surface area contributed by atoms with Gasteiger partial charge < -0.3 is 14.8 Å². The van der Waals surface area contributed by atoms with Crippen LogP contribution in [-0.4, -0.2) is 26.3 Å². The van der Waals surface area contributed by atoms with Gasteiger partial charge in [-0.05, 0) is 38.6 Å². The lowest BCUT2D eigenvalue weighted by Gasteiger charge is -2.17. The fourth-order valence-corrected chi connectivity index (χ4v) is 3.24. The minimum absolute atomic E-state index is 0.203. The van der Waals surface area contributed by atoms with E-state index in [4.69, 9.17) is 9.47 Å². The van der Waals surface area contributed by atoms with E-state index in [2.05, 4.69) is 30.2 Å². The highest BCUT2D eigenvalue weighted by atomic mass is 32.1. The number of hydrogen-bond donors (Lipinski definition) is 1. The van der Waals surface area contributed by atoms with Crippen molar-refractivity contribution < 1.29 is 9.47 Å². The summed E-state index contributed by atoms with van der Waals surface area (Å²) >= 11 is 1.76. The van der Waals surface area contributed by atoms with Gasteiger partial charge in [-0.3, -0.25) is 0 Å². The molecule has 2 rings (SSSR count). The number of nitrogens with one attached hydrogen (secondary N) is 1. The van der Waals surface area contributed by atoms with Crippen molar-refractivity contribution >= 4 is 11.3 Å². The number of nitrogens with zero attached hydrogens (tertiary/aromatic N) is 1. The second kappa shape index (κ2) is 6.91.